The highest BCUT2D eigenvalue weighted by molar-refractivity contribution is 5.55. The fourth-order valence-electron chi connectivity index (χ4n) is 2.14. The summed E-state index contributed by atoms with van der Waals surface area (Å²) in [5.74, 6) is 2.01. The van der Waals surface area contributed by atoms with E-state index in [1.54, 1.807) is 0 Å². The fourth-order valence-corrected chi connectivity index (χ4v) is 2.14. The molecule has 0 radical (unpaired) electrons. The second-order valence-corrected chi connectivity index (χ2v) is 4.08. The van der Waals surface area contributed by atoms with E-state index in [0.29, 0.717) is 6.04 Å². The molecule has 1 N–H and O–H groups in total. The van der Waals surface area contributed by atoms with E-state index in [1.807, 2.05) is 18.2 Å². The molecule has 0 bridgehead atoms. The van der Waals surface area contributed by atoms with E-state index in [4.69, 9.17) is 0 Å². The molecule has 2 aromatic rings. The van der Waals surface area contributed by atoms with Crippen LogP contribution in [0.4, 0.5) is 0 Å². The number of nitrogens with one attached hydrogen (secondary N) is 1. The molecular weight excluding hydrogens is 200 g/mol. The summed E-state index contributed by atoms with van der Waals surface area (Å²) in [4.78, 5) is 0. The number of rotatable bonds is 1. The Morgan fingerprint density at radius 3 is 2.88 bits per heavy atom. The van der Waals surface area contributed by atoms with Crippen molar-refractivity contribution < 1.29 is 0 Å². The summed E-state index contributed by atoms with van der Waals surface area (Å²) >= 11 is 0. The van der Waals surface area contributed by atoms with Gasteiger partial charge in [0.05, 0.1) is 6.04 Å². The molecule has 1 aliphatic rings. The SMILES string of the molecule is CC1NCCn2c(-c3ccccc3)nnc21. The largest absolute Gasteiger partial charge is 0.308 e. The van der Waals surface area contributed by atoms with Crippen LogP contribution in [0.1, 0.15) is 18.8 Å². The first-order chi connectivity index (χ1) is 7.86. The van der Waals surface area contributed by atoms with E-state index < -0.39 is 0 Å². The van der Waals surface area contributed by atoms with Crippen LogP contribution in [0.2, 0.25) is 0 Å². The van der Waals surface area contributed by atoms with E-state index in [0.717, 1.165) is 30.3 Å². The number of hydrogen-bond acceptors (Lipinski definition) is 3. The minimum Gasteiger partial charge on any atom is -0.308 e. The molecule has 4 heteroatoms. The maximum Gasteiger partial charge on any atom is 0.164 e. The number of nitrogens with zero attached hydrogens (tertiary/aromatic N) is 3. The monoisotopic (exact) mass is 214 g/mol. The van der Waals surface area contributed by atoms with Gasteiger partial charge in [-0.15, -0.1) is 10.2 Å². The van der Waals surface area contributed by atoms with Crippen LogP contribution in [0.15, 0.2) is 30.3 Å². The molecule has 82 valence electrons. The maximum atomic E-state index is 4.29. The Hall–Kier alpha value is -1.68. The number of hydrogen-bond donors (Lipinski definition) is 1. The number of benzene rings is 1. The normalized spacial score (nSPS) is 19.4. The number of aromatic nitrogens is 3. The van der Waals surface area contributed by atoms with Crippen LogP contribution >= 0.6 is 0 Å². The topological polar surface area (TPSA) is 42.7 Å². The lowest BCUT2D eigenvalue weighted by atomic mass is 10.2. The molecule has 1 aliphatic heterocycles. The molecular formula is C12H14N4. The van der Waals surface area contributed by atoms with Gasteiger partial charge >= 0.3 is 0 Å². The molecule has 1 unspecified atom stereocenters. The van der Waals surface area contributed by atoms with Gasteiger partial charge in [0, 0.05) is 18.7 Å². The van der Waals surface area contributed by atoms with Crippen molar-refractivity contribution in [3.05, 3.63) is 36.2 Å². The van der Waals surface area contributed by atoms with E-state index in [2.05, 4.69) is 39.1 Å². The van der Waals surface area contributed by atoms with Gasteiger partial charge in [0.25, 0.3) is 0 Å². The lowest BCUT2D eigenvalue weighted by Crippen LogP contribution is -2.32. The molecule has 1 aromatic carbocycles. The molecule has 2 heterocycles. The second kappa shape index (κ2) is 3.72. The Morgan fingerprint density at radius 2 is 2.06 bits per heavy atom. The van der Waals surface area contributed by atoms with Crippen LogP contribution < -0.4 is 5.32 Å². The molecule has 0 saturated heterocycles. The van der Waals surface area contributed by atoms with Crippen molar-refractivity contribution in [3.8, 4) is 11.4 Å². The van der Waals surface area contributed by atoms with Crippen molar-refractivity contribution >= 4 is 0 Å². The van der Waals surface area contributed by atoms with Gasteiger partial charge in [0.2, 0.25) is 0 Å². The van der Waals surface area contributed by atoms with Crippen molar-refractivity contribution in [3.63, 3.8) is 0 Å². The maximum absolute atomic E-state index is 4.29. The zero-order valence-electron chi connectivity index (χ0n) is 9.22. The van der Waals surface area contributed by atoms with Crippen LogP contribution in [0, 0.1) is 0 Å². The molecule has 16 heavy (non-hydrogen) atoms. The summed E-state index contributed by atoms with van der Waals surface area (Å²) in [6, 6.07) is 10.5. The van der Waals surface area contributed by atoms with Gasteiger partial charge in [-0.2, -0.15) is 0 Å². The molecule has 0 amide bonds. The van der Waals surface area contributed by atoms with Gasteiger partial charge < -0.3 is 9.88 Å². The average molecular weight is 214 g/mol. The van der Waals surface area contributed by atoms with E-state index in [9.17, 15) is 0 Å². The summed E-state index contributed by atoms with van der Waals surface area (Å²) in [5.41, 5.74) is 1.13. The molecule has 0 fully saturated rings. The molecule has 0 spiro atoms. The molecule has 4 nitrogen and oxygen atoms in total. The minimum atomic E-state index is 0.290. The van der Waals surface area contributed by atoms with Gasteiger partial charge in [-0.3, -0.25) is 0 Å². The first kappa shape index (κ1) is 9.54. The standard InChI is InChI=1S/C12H14N4/c1-9-11-14-15-12(16(11)8-7-13-9)10-5-3-2-4-6-10/h2-6,9,13H,7-8H2,1H3. The van der Waals surface area contributed by atoms with Gasteiger partial charge in [0.1, 0.15) is 5.82 Å². The first-order valence-corrected chi connectivity index (χ1v) is 5.58. The molecule has 1 atom stereocenters. The summed E-state index contributed by atoms with van der Waals surface area (Å²) in [6.45, 7) is 4.04. The second-order valence-electron chi connectivity index (χ2n) is 4.08. The Balaban J connectivity index is 2.10. The van der Waals surface area contributed by atoms with E-state index in [-0.39, 0.29) is 0 Å². The third kappa shape index (κ3) is 1.42. The predicted molar refractivity (Wildman–Crippen MR) is 61.9 cm³/mol. The Labute approximate surface area is 94.3 Å². The zero-order chi connectivity index (χ0) is 11.0. The predicted octanol–water partition coefficient (Wildman–Crippen LogP) is 1.61. The molecule has 0 aliphatic carbocycles. The van der Waals surface area contributed by atoms with Crippen LogP contribution in [0.3, 0.4) is 0 Å². The quantitative estimate of drug-likeness (QED) is 0.784. The highest BCUT2D eigenvalue weighted by atomic mass is 15.3. The van der Waals surface area contributed by atoms with Crippen LogP contribution in [-0.4, -0.2) is 21.3 Å². The average Bonchev–Trinajstić information content (AvgIpc) is 2.75. The summed E-state index contributed by atoms with van der Waals surface area (Å²) in [7, 11) is 0. The number of fused-ring (bicyclic) bond motifs is 1. The Morgan fingerprint density at radius 1 is 1.25 bits per heavy atom. The summed E-state index contributed by atoms with van der Waals surface area (Å²) < 4.78 is 2.20. The van der Waals surface area contributed by atoms with Crippen molar-refractivity contribution in [2.75, 3.05) is 6.54 Å². The molecule has 1 aromatic heterocycles. The van der Waals surface area contributed by atoms with Crippen LogP contribution in [0.25, 0.3) is 11.4 Å². The fraction of sp³-hybridized carbons (Fsp3) is 0.333. The highest BCUT2D eigenvalue weighted by Crippen LogP contribution is 2.22. The lowest BCUT2D eigenvalue weighted by Gasteiger charge is -2.21. The van der Waals surface area contributed by atoms with Crippen molar-refractivity contribution in [1.29, 1.82) is 0 Å². The van der Waals surface area contributed by atoms with Crippen molar-refractivity contribution in [1.82, 2.24) is 20.1 Å². The van der Waals surface area contributed by atoms with Gasteiger partial charge in [-0.1, -0.05) is 30.3 Å². The minimum absolute atomic E-state index is 0.290. The molecule has 3 rings (SSSR count). The van der Waals surface area contributed by atoms with E-state index >= 15 is 0 Å². The van der Waals surface area contributed by atoms with Crippen LogP contribution in [0.5, 0.6) is 0 Å². The Kier molecular flexibility index (Phi) is 2.22. The zero-order valence-corrected chi connectivity index (χ0v) is 9.22. The highest BCUT2D eigenvalue weighted by Gasteiger charge is 2.21. The van der Waals surface area contributed by atoms with E-state index in [1.165, 1.54) is 0 Å². The van der Waals surface area contributed by atoms with Gasteiger partial charge in [-0.05, 0) is 6.92 Å². The smallest absolute Gasteiger partial charge is 0.164 e. The third-order valence-electron chi connectivity index (χ3n) is 2.98. The summed E-state index contributed by atoms with van der Waals surface area (Å²) in [5, 5.41) is 11.9. The van der Waals surface area contributed by atoms with Crippen molar-refractivity contribution in [2.45, 2.75) is 19.5 Å². The third-order valence-corrected chi connectivity index (χ3v) is 2.98. The van der Waals surface area contributed by atoms with Gasteiger partial charge in [0.15, 0.2) is 5.82 Å². The molecule has 0 saturated carbocycles. The van der Waals surface area contributed by atoms with Crippen molar-refractivity contribution in [2.24, 2.45) is 0 Å². The Bertz CT molecular complexity index is 489. The first-order valence-electron chi connectivity index (χ1n) is 5.58. The van der Waals surface area contributed by atoms with Gasteiger partial charge in [-0.25, -0.2) is 0 Å². The van der Waals surface area contributed by atoms with Crippen LogP contribution in [-0.2, 0) is 6.54 Å². The lowest BCUT2D eigenvalue weighted by molar-refractivity contribution is 0.439. The summed E-state index contributed by atoms with van der Waals surface area (Å²) in [6.07, 6.45) is 0.